The number of thiophene rings is 1. The smallest absolute Gasteiger partial charge is 0.271 e. The van der Waals surface area contributed by atoms with E-state index in [2.05, 4.69) is 10.0 Å². The molecule has 0 unspecified atom stereocenters. The first-order valence-electron chi connectivity index (χ1n) is 9.87. The quantitative estimate of drug-likeness (QED) is 0.510. The lowest BCUT2D eigenvalue weighted by Gasteiger charge is -2.18. The molecule has 0 spiro atoms. The molecule has 2 aromatic carbocycles. The summed E-state index contributed by atoms with van der Waals surface area (Å²) in [6.07, 6.45) is 1.44. The molecule has 2 N–H and O–H groups in total. The Morgan fingerprint density at radius 1 is 1.09 bits per heavy atom. The minimum Gasteiger partial charge on any atom is -0.326 e. The fourth-order valence-corrected chi connectivity index (χ4v) is 5.74. The number of anilines is 3. The van der Waals surface area contributed by atoms with E-state index in [4.69, 9.17) is 11.6 Å². The number of benzene rings is 2. The molecule has 0 bridgehead atoms. The molecule has 0 saturated carbocycles. The molecular formula is C22H20ClN3O4S2. The molecule has 0 radical (unpaired) electrons. The lowest BCUT2D eigenvalue weighted by atomic mass is 10.1. The average molecular weight is 490 g/mol. The van der Waals surface area contributed by atoms with Crippen LogP contribution in [0.5, 0.6) is 0 Å². The first kappa shape index (κ1) is 22.3. The van der Waals surface area contributed by atoms with Gasteiger partial charge in [0.1, 0.15) is 4.21 Å². The van der Waals surface area contributed by atoms with Gasteiger partial charge in [0.2, 0.25) is 11.8 Å². The third-order valence-corrected chi connectivity index (χ3v) is 8.01. The molecule has 10 heteroatoms. The number of carbonyl (C=O) groups is 2. The number of hydrogen-bond acceptors (Lipinski definition) is 5. The number of halogens is 1. The van der Waals surface area contributed by atoms with Crippen LogP contribution in [0.15, 0.2) is 64.2 Å². The predicted octanol–water partition coefficient (Wildman–Crippen LogP) is 4.51. The number of carbonyl (C=O) groups excluding carboxylic acids is 2. The normalized spacial score (nSPS) is 13.9. The van der Waals surface area contributed by atoms with E-state index >= 15 is 0 Å². The average Bonchev–Trinajstić information content (AvgIpc) is 3.42. The molecule has 1 aromatic heterocycles. The molecule has 1 aliphatic rings. The molecule has 2 heterocycles. The number of nitrogens with zero attached hydrogens (tertiary/aromatic N) is 1. The number of hydrogen-bond donors (Lipinski definition) is 2. The fourth-order valence-electron chi connectivity index (χ4n) is 3.41. The van der Waals surface area contributed by atoms with Crippen molar-refractivity contribution in [2.24, 2.45) is 0 Å². The van der Waals surface area contributed by atoms with E-state index in [9.17, 15) is 18.0 Å². The van der Waals surface area contributed by atoms with Crippen LogP contribution in [0.25, 0.3) is 0 Å². The van der Waals surface area contributed by atoms with Gasteiger partial charge in [0.05, 0.1) is 17.1 Å². The summed E-state index contributed by atoms with van der Waals surface area (Å²) in [6, 6.07) is 14.9. The maximum atomic E-state index is 12.4. The summed E-state index contributed by atoms with van der Waals surface area (Å²) in [5, 5.41) is 4.90. The standard InChI is InChI=1S/C22H20ClN3O4S2/c23-18-14-17(9-10-19(18)26-11-1-3-21(26)28)24-20(27)13-15-5-7-16(8-6-15)25-32(29,30)22-4-2-12-31-22/h2,4-10,12,14,25H,1,3,11,13H2,(H,24,27). The van der Waals surface area contributed by atoms with Crippen molar-refractivity contribution in [2.45, 2.75) is 23.5 Å². The Morgan fingerprint density at radius 2 is 1.84 bits per heavy atom. The highest BCUT2D eigenvalue weighted by Crippen LogP contribution is 2.31. The molecule has 4 rings (SSSR count). The van der Waals surface area contributed by atoms with Crippen molar-refractivity contribution in [3.05, 3.63) is 70.6 Å². The van der Waals surface area contributed by atoms with Crippen LogP contribution in [0.3, 0.4) is 0 Å². The second-order valence-electron chi connectivity index (χ2n) is 7.27. The Morgan fingerprint density at radius 3 is 2.47 bits per heavy atom. The Labute approximate surface area is 195 Å². The molecule has 3 aromatic rings. The van der Waals surface area contributed by atoms with E-state index in [1.54, 1.807) is 58.8 Å². The second-order valence-corrected chi connectivity index (χ2v) is 10.5. The van der Waals surface area contributed by atoms with Crippen molar-refractivity contribution in [2.75, 3.05) is 21.5 Å². The first-order chi connectivity index (χ1) is 15.3. The van der Waals surface area contributed by atoms with Crippen molar-refractivity contribution in [1.82, 2.24) is 0 Å². The minimum atomic E-state index is -3.61. The minimum absolute atomic E-state index is 0.0461. The topological polar surface area (TPSA) is 95.6 Å². The van der Waals surface area contributed by atoms with Crippen molar-refractivity contribution in [1.29, 1.82) is 0 Å². The zero-order chi connectivity index (χ0) is 22.7. The van der Waals surface area contributed by atoms with Gasteiger partial charge in [-0.1, -0.05) is 29.8 Å². The highest BCUT2D eigenvalue weighted by molar-refractivity contribution is 7.94. The molecule has 0 atom stereocenters. The summed E-state index contributed by atoms with van der Waals surface area (Å²) in [6.45, 7) is 0.643. The first-order valence-corrected chi connectivity index (χ1v) is 12.6. The van der Waals surface area contributed by atoms with Gasteiger partial charge in [0, 0.05) is 24.3 Å². The molecule has 166 valence electrons. The third kappa shape index (κ3) is 5.12. The number of amides is 2. The SMILES string of the molecule is O=C(Cc1ccc(NS(=O)(=O)c2cccs2)cc1)Nc1ccc(N2CCCC2=O)c(Cl)c1. The highest BCUT2D eigenvalue weighted by Gasteiger charge is 2.23. The van der Waals surface area contributed by atoms with Crippen LogP contribution in [-0.2, 0) is 26.0 Å². The molecule has 0 aliphatic carbocycles. The second kappa shape index (κ2) is 9.32. The van der Waals surface area contributed by atoms with Gasteiger partial charge in [-0.15, -0.1) is 11.3 Å². The van der Waals surface area contributed by atoms with Gasteiger partial charge in [-0.3, -0.25) is 14.3 Å². The van der Waals surface area contributed by atoms with E-state index in [-0.39, 0.29) is 22.4 Å². The van der Waals surface area contributed by atoms with E-state index < -0.39 is 10.0 Å². The van der Waals surface area contributed by atoms with Crippen LogP contribution >= 0.6 is 22.9 Å². The molecular weight excluding hydrogens is 470 g/mol. The molecule has 2 amide bonds. The largest absolute Gasteiger partial charge is 0.326 e. The van der Waals surface area contributed by atoms with Crippen molar-refractivity contribution in [3.63, 3.8) is 0 Å². The summed E-state index contributed by atoms with van der Waals surface area (Å²) < 4.78 is 27.3. The van der Waals surface area contributed by atoms with Crippen LogP contribution in [0, 0.1) is 0 Å². The van der Waals surface area contributed by atoms with Crippen molar-refractivity contribution < 1.29 is 18.0 Å². The zero-order valence-electron chi connectivity index (χ0n) is 16.9. The van der Waals surface area contributed by atoms with Gasteiger partial charge in [-0.05, 0) is 53.8 Å². The predicted molar refractivity (Wildman–Crippen MR) is 127 cm³/mol. The molecule has 32 heavy (non-hydrogen) atoms. The monoisotopic (exact) mass is 489 g/mol. The molecule has 1 fully saturated rings. The summed E-state index contributed by atoms with van der Waals surface area (Å²) in [7, 11) is -3.61. The Balaban J connectivity index is 1.36. The number of nitrogens with one attached hydrogen (secondary N) is 2. The lowest BCUT2D eigenvalue weighted by Crippen LogP contribution is -2.24. The van der Waals surface area contributed by atoms with E-state index in [1.807, 2.05) is 0 Å². The van der Waals surface area contributed by atoms with E-state index in [0.29, 0.717) is 35.1 Å². The molecule has 7 nitrogen and oxygen atoms in total. The maximum absolute atomic E-state index is 12.4. The Kier molecular flexibility index (Phi) is 6.50. The van der Waals surface area contributed by atoms with Crippen LogP contribution < -0.4 is 14.9 Å². The van der Waals surface area contributed by atoms with Crippen LogP contribution in [0.2, 0.25) is 5.02 Å². The summed E-state index contributed by atoms with van der Waals surface area (Å²) in [5.74, 6) is -0.192. The Bertz CT molecular complexity index is 1240. The summed E-state index contributed by atoms with van der Waals surface area (Å²) >= 11 is 7.46. The van der Waals surface area contributed by atoms with Gasteiger partial charge in [0.25, 0.3) is 10.0 Å². The van der Waals surface area contributed by atoms with Gasteiger partial charge in [-0.25, -0.2) is 8.42 Å². The highest BCUT2D eigenvalue weighted by atomic mass is 35.5. The van der Waals surface area contributed by atoms with Crippen molar-refractivity contribution >= 4 is 61.8 Å². The maximum Gasteiger partial charge on any atom is 0.271 e. The van der Waals surface area contributed by atoms with Crippen molar-refractivity contribution in [3.8, 4) is 0 Å². The van der Waals surface area contributed by atoms with Crippen LogP contribution in [0.1, 0.15) is 18.4 Å². The number of rotatable bonds is 7. The van der Waals surface area contributed by atoms with Gasteiger partial charge < -0.3 is 10.2 Å². The zero-order valence-corrected chi connectivity index (χ0v) is 19.3. The van der Waals surface area contributed by atoms with Gasteiger partial charge >= 0.3 is 0 Å². The molecule has 1 saturated heterocycles. The van der Waals surface area contributed by atoms with Crippen LogP contribution in [0.4, 0.5) is 17.1 Å². The summed E-state index contributed by atoms with van der Waals surface area (Å²) in [5.41, 5.74) is 2.33. The van der Waals surface area contributed by atoms with E-state index in [0.717, 1.165) is 23.3 Å². The van der Waals surface area contributed by atoms with Gasteiger partial charge in [-0.2, -0.15) is 0 Å². The van der Waals surface area contributed by atoms with Crippen LogP contribution in [-0.4, -0.2) is 26.8 Å². The van der Waals surface area contributed by atoms with Gasteiger partial charge in [0.15, 0.2) is 0 Å². The Hall–Kier alpha value is -2.88. The molecule has 1 aliphatic heterocycles. The number of sulfonamides is 1. The summed E-state index contributed by atoms with van der Waals surface area (Å²) in [4.78, 5) is 26.0. The third-order valence-electron chi connectivity index (χ3n) is 4.93. The van der Waals surface area contributed by atoms with E-state index in [1.165, 1.54) is 6.07 Å². The fraction of sp³-hybridized carbons (Fsp3) is 0.182. The lowest BCUT2D eigenvalue weighted by molar-refractivity contribution is -0.117.